The van der Waals surface area contributed by atoms with E-state index in [1.54, 1.807) is 18.3 Å². The lowest BCUT2D eigenvalue weighted by Crippen LogP contribution is -2.21. The van der Waals surface area contributed by atoms with Gasteiger partial charge in [-0.25, -0.2) is 9.97 Å². The molecule has 1 saturated heterocycles. The smallest absolute Gasteiger partial charge is 0.263 e. The summed E-state index contributed by atoms with van der Waals surface area (Å²) >= 11 is 0. The van der Waals surface area contributed by atoms with Crippen LogP contribution in [0.5, 0.6) is 0 Å². The molecule has 2 fully saturated rings. The lowest BCUT2D eigenvalue weighted by Gasteiger charge is -2.19. The summed E-state index contributed by atoms with van der Waals surface area (Å²) in [6.45, 7) is 2.81. The molecule has 0 radical (unpaired) electrons. The van der Waals surface area contributed by atoms with E-state index in [0.29, 0.717) is 16.9 Å². The van der Waals surface area contributed by atoms with Crippen molar-refractivity contribution in [1.29, 1.82) is 0 Å². The van der Waals surface area contributed by atoms with Crippen molar-refractivity contribution >= 4 is 16.7 Å². The molecule has 3 aromatic heterocycles. The summed E-state index contributed by atoms with van der Waals surface area (Å²) in [5, 5.41) is 3.94. The summed E-state index contributed by atoms with van der Waals surface area (Å²) in [5.41, 5.74) is 1.66. The lowest BCUT2D eigenvalue weighted by atomic mass is 10.3. The van der Waals surface area contributed by atoms with Crippen molar-refractivity contribution < 1.29 is 4.52 Å². The molecule has 0 unspecified atom stereocenters. The molecule has 1 saturated carbocycles. The highest BCUT2D eigenvalue weighted by molar-refractivity contribution is 5.72. The molecule has 0 bridgehead atoms. The minimum Gasteiger partial charge on any atom is -0.371 e. The maximum atomic E-state index is 12.0. The number of anilines is 1. The maximum Gasteiger partial charge on any atom is 0.263 e. The van der Waals surface area contributed by atoms with Gasteiger partial charge >= 0.3 is 0 Å². The van der Waals surface area contributed by atoms with E-state index in [1.165, 1.54) is 42.4 Å². The van der Waals surface area contributed by atoms with Crippen LogP contribution in [-0.2, 0) is 6.54 Å². The number of hydrogen-bond acceptors (Lipinski definition) is 7. The molecular weight excluding hydrogens is 368 g/mol. The van der Waals surface area contributed by atoms with Crippen LogP contribution >= 0.6 is 0 Å². The Kier molecular flexibility index (Phi) is 4.51. The van der Waals surface area contributed by atoms with E-state index in [-0.39, 0.29) is 12.1 Å². The van der Waals surface area contributed by atoms with Crippen molar-refractivity contribution in [3.8, 4) is 0 Å². The van der Waals surface area contributed by atoms with Gasteiger partial charge in [0.1, 0.15) is 12.9 Å². The molecule has 0 N–H and O–H groups in total. The summed E-state index contributed by atoms with van der Waals surface area (Å²) < 4.78 is 6.24. The topological polar surface area (TPSA) is 89.9 Å². The second-order valence-electron chi connectivity index (χ2n) is 7.38. The summed E-state index contributed by atoms with van der Waals surface area (Å²) in [4.78, 5) is 26.5. The second kappa shape index (κ2) is 7.46. The SMILES string of the molecule is O=c1c2cccnc2ncn1Cc1ncno1.c1ccc(N2C[C@H]3C[C@H]3C2)cc1. The van der Waals surface area contributed by atoms with Gasteiger partial charge in [0, 0.05) is 25.0 Å². The number of hydrogen-bond donors (Lipinski definition) is 0. The van der Waals surface area contributed by atoms with Crippen molar-refractivity contribution in [2.24, 2.45) is 11.8 Å². The average Bonchev–Trinajstić information content (AvgIpc) is 3.15. The standard InChI is InChI=1S/C11H13N.C10H7N5O2/c1-2-4-11(5-3-1)12-7-9-6-10(9)8-12;16-10-7-2-1-3-11-9(7)13-6-15(10)4-8-12-5-14-17-8/h1-5,9-10H,6-8H2;1-3,5-6H,4H2/t9-,10+;. The Morgan fingerprint density at radius 2 is 1.83 bits per heavy atom. The van der Waals surface area contributed by atoms with Crippen LogP contribution in [0.4, 0.5) is 5.69 Å². The Hall–Kier alpha value is -3.55. The fourth-order valence-corrected chi connectivity index (χ4v) is 3.77. The molecule has 0 spiro atoms. The van der Waals surface area contributed by atoms with Crippen LogP contribution in [0.15, 0.2) is 70.6 Å². The second-order valence-corrected chi connectivity index (χ2v) is 7.38. The third-order valence-electron chi connectivity index (χ3n) is 5.41. The molecular formula is C21H20N6O2. The van der Waals surface area contributed by atoms with Crippen LogP contribution < -0.4 is 10.5 Å². The van der Waals surface area contributed by atoms with Crippen molar-refractivity contribution in [3.05, 3.63) is 77.6 Å². The first-order valence-corrected chi connectivity index (χ1v) is 9.63. The van der Waals surface area contributed by atoms with E-state index in [2.05, 4.69) is 55.3 Å². The minimum absolute atomic E-state index is 0.179. The van der Waals surface area contributed by atoms with Gasteiger partial charge in [-0.15, -0.1) is 0 Å². The predicted octanol–water partition coefficient (Wildman–Crippen LogP) is 2.37. The number of benzene rings is 1. The van der Waals surface area contributed by atoms with Gasteiger partial charge in [0.25, 0.3) is 5.56 Å². The van der Waals surface area contributed by atoms with Gasteiger partial charge in [-0.05, 0) is 42.5 Å². The average molecular weight is 388 g/mol. The van der Waals surface area contributed by atoms with Gasteiger partial charge in [-0.1, -0.05) is 23.4 Å². The van der Waals surface area contributed by atoms with Crippen molar-refractivity contribution in [1.82, 2.24) is 24.7 Å². The molecule has 1 aliphatic heterocycles. The van der Waals surface area contributed by atoms with Crippen molar-refractivity contribution in [2.75, 3.05) is 18.0 Å². The van der Waals surface area contributed by atoms with Crippen LogP contribution in [0, 0.1) is 11.8 Å². The summed E-state index contributed by atoms with van der Waals surface area (Å²) in [6, 6.07) is 14.1. The van der Waals surface area contributed by atoms with Crippen LogP contribution in [0.25, 0.3) is 11.0 Å². The fourth-order valence-electron chi connectivity index (χ4n) is 3.77. The molecule has 8 nitrogen and oxygen atoms in total. The Labute approximate surface area is 166 Å². The molecule has 8 heteroatoms. The molecule has 146 valence electrons. The number of fused-ring (bicyclic) bond motifs is 2. The minimum atomic E-state index is -0.179. The lowest BCUT2D eigenvalue weighted by molar-refractivity contribution is 0.368. The largest absolute Gasteiger partial charge is 0.371 e. The van der Waals surface area contributed by atoms with Gasteiger partial charge in [-0.2, -0.15) is 4.98 Å². The van der Waals surface area contributed by atoms with Gasteiger partial charge < -0.3 is 9.42 Å². The third-order valence-corrected chi connectivity index (χ3v) is 5.41. The first-order chi connectivity index (χ1) is 14.3. The Balaban J connectivity index is 0.000000132. The molecule has 4 aromatic rings. The van der Waals surface area contributed by atoms with Gasteiger partial charge in [0.2, 0.25) is 5.89 Å². The molecule has 2 atom stereocenters. The normalized spacial score (nSPS) is 19.5. The summed E-state index contributed by atoms with van der Waals surface area (Å²) in [6.07, 6.45) is 5.79. The summed E-state index contributed by atoms with van der Waals surface area (Å²) in [7, 11) is 0. The number of para-hydroxylation sites is 1. The van der Waals surface area contributed by atoms with Gasteiger partial charge in [-0.3, -0.25) is 9.36 Å². The summed E-state index contributed by atoms with van der Waals surface area (Å²) in [5.74, 6) is 2.42. The first kappa shape index (κ1) is 17.5. The van der Waals surface area contributed by atoms with E-state index in [9.17, 15) is 4.79 Å². The van der Waals surface area contributed by atoms with E-state index < -0.39 is 0 Å². The molecule has 2 aliphatic rings. The Bertz CT molecular complexity index is 1150. The number of piperidine rings is 1. The van der Waals surface area contributed by atoms with Crippen molar-refractivity contribution in [2.45, 2.75) is 13.0 Å². The highest BCUT2D eigenvalue weighted by atomic mass is 16.5. The van der Waals surface area contributed by atoms with Crippen molar-refractivity contribution in [3.63, 3.8) is 0 Å². The van der Waals surface area contributed by atoms with E-state index in [0.717, 1.165) is 11.8 Å². The monoisotopic (exact) mass is 388 g/mol. The first-order valence-electron chi connectivity index (χ1n) is 9.63. The molecule has 29 heavy (non-hydrogen) atoms. The molecule has 6 rings (SSSR count). The zero-order valence-corrected chi connectivity index (χ0v) is 15.8. The molecule has 1 aromatic carbocycles. The molecule has 0 amide bonds. The molecule has 1 aliphatic carbocycles. The quantitative estimate of drug-likeness (QED) is 0.532. The zero-order chi connectivity index (χ0) is 19.6. The number of aromatic nitrogens is 5. The van der Waals surface area contributed by atoms with Gasteiger partial charge in [0.15, 0.2) is 12.0 Å². The maximum absolute atomic E-state index is 12.0. The molecule has 4 heterocycles. The Morgan fingerprint density at radius 1 is 1.00 bits per heavy atom. The predicted molar refractivity (Wildman–Crippen MR) is 107 cm³/mol. The number of pyridine rings is 1. The zero-order valence-electron chi connectivity index (χ0n) is 15.8. The van der Waals surface area contributed by atoms with Crippen LogP contribution in [0.1, 0.15) is 12.3 Å². The highest BCUT2D eigenvalue weighted by Crippen LogP contribution is 2.46. The Morgan fingerprint density at radius 3 is 2.59 bits per heavy atom. The fraction of sp³-hybridized carbons (Fsp3) is 0.286. The van der Waals surface area contributed by atoms with Crippen LogP contribution in [0.3, 0.4) is 0 Å². The van der Waals surface area contributed by atoms with E-state index in [4.69, 9.17) is 4.52 Å². The van der Waals surface area contributed by atoms with Crippen LogP contribution in [0.2, 0.25) is 0 Å². The van der Waals surface area contributed by atoms with E-state index in [1.807, 2.05) is 0 Å². The van der Waals surface area contributed by atoms with Gasteiger partial charge in [0.05, 0.1) is 5.39 Å². The number of nitrogens with zero attached hydrogens (tertiary/aromatic N) is 6. The number of rotatable bonds is 3. The van der Waals surface area contributed by atoms with Crippen LogP contribution in [-0.4, -0.2) is 37.8 Å². The third kappa shape index (κ3) is 3.73. The highest BCUT2D eigenvalue weighted by Gasteiger charge is 2.44. The van der Waals surface area contributed by atoms with E-state index >= 15 is 0 Å².